The Hall–Kier alpha value is -0.740. The Morgan fingerprint density at radius 3 is 2.93 bits per heavy atom. The van der Waals surface area contributed by atoms with E-state index >= 15 is 0 Å². The fourth-order valence-corrected chi connectivity index (χ4v) is 1.94. The number of furan rings is 1. The first kappa shape index (κ1) is 9.80. The van der Waals surface area contributed by atoms with Gasteiger partial charge in [-0.1, -0.05) is 0 Å². The molecule has 0 saturated carbocycles. The van der Waals surface area contributed by atoms with Crippen LogP contribution in [0.3, 0.4) is 0 Å². The Bertz CT molecular complexity index is 343. The summed E-state index contributed by atoms with van der Waals surface area (Å²) in [6.45, 7) is 0.739. The first-order valence-electron chi connectivity index (χ1n) is 4.50. The number of hydrogen-bond donors (Lipinski definition) is 1. The van der Waals surface area contributed by atoms with Gasteiger partial charge in [0.2, 0.25) is 0 Å². The zero-order chi connectivity index (χ0) is 9.97. The molecule has 2 heterocycles. The lowest BCUT2D eigenvalue weighted by atomic mass is 10.0. The molecule has 0 amide bonds. The molecule has 3 nitrogen and oxygen atoms in total. The van der Waals surface area contributed by atoms with E-state index < -0.39 is 6.10 Å². The van der Waals surface area contributed by atoms with E-state index in [0.717, 1.165) is 30.6 Å². The van der Waals surface area contributed by atoms with Crippen molar-refractivity contribution in [3.63, 3.8) is 0 Å². The molecule has 4 heteroatoms. The minimum Gasteiger partial charge on any atom is -0.501 e. The lowest BCUT2D eigenvalue weighted by molar-refractivity contribution is 0.169. The number of ether oxygens (including phenoxy) is 1. The van der Waals surface area contributed by atoms with Crippen molar-refractivity contribution in [2.75, 3.05) is 6.61 Å². The van der Waals surface area contributed by atoms with Gasteiger partial charge in [0.1, 0.15) is 6.10 Å². The van der Waals surface area contributed by atoms with Crippen LogP contribution in [0.4, 0.5) is 0 Å². The Balaban J connectivity index is 2.19. The highest BCUT2D eigenvalue weighted by molar-refractivity contribution is 9.10. The third kappa shape index (κ3) is 1.86. The smallest absolute Gasteiger partial charge is 0.175 e. The SMILES string of the molecule is OC(C1=COCCC1)c1ccoc1Br. The van der Waals surface area contributed by atoms with Crippen molar-refractivity contribution in [3.8, 4) is 0 Å². The summed E-state index contributed by atoms with van der Waals surface area (Å²) >= 11 is 3.24. The van der Waals surface area contributed by atoms with Crippen LogP contribution in [0.2, 0.25) is 0 Å². The second-order valence-corrected chi connectivity index (χ2v) is 3.94. The highest BCUT2D eigenvalue weighted by Crippen LogP contribution is 2.32. The van der Waals surface area contributed by atoms with Crippen LogP contribution in [-0.2, 0) is 4.74 Å². The van der Waals surface area contributed by atoms with Crippen LogP contribution in [0.1, 0.15) is 24.5 Å². The molecule has 2 rings (SSSR count). The number of aliphatic hydroxyl groups is 1. The monoisotopic (exact) mass is 258 g/mol. The summed E-state index contributed by atoms with van der Waals surface area (Å²) in [4.78, 5) is 0. The van der Waals surface area contributed by atoms with Gasteiger partial charge in [0.15, 0.2) is 4.67 Å². The molecule has 1 aliphatic heterocycles. The lowest BCUT2D eigenvalue weighted by Crippen LogP contribution is -2.07. The first-order valence-corrected chi connectivity index (χ1v) is 5.30. The molecule has 76 valence electrons. The summed E-state index contributed by atoms with van der Waals surface area (Å²) in [6, 6.07) is 1.75. The van der Waals surface area contributed by atoms with Gasteiger partial charge in [-0.2, -0.15) is 0 Å². The number of rotatable bonds is 2. The van der Waals surface area contributed by atoms with Gasteiger partial charge in [-0.3, -0.25) is 0 Å². The summed E-state index contributed by atoms with van der Waals surface area (Å²) in [5, 5.41) is 9.98. The molecule has 0 saturated heterocycles. The van der Waals surface area contributed by atoms with Crippen molar-refractivity contribution < 1.29 is 14.3 Å². The minimum atomic E-state index is -0.622. The van der Waals surface area contributed by atoms with Gasteiger partial charge in [-0.15, -0.1) is 0 Å². The zero-order valence-corrected chi connectivity index (χ0v) is 9.16. The van der Waals surface area contributed by atoms with Crippen molar-refractivity contribution in [1.82, 2.24) is 0 Å². The predicted molar refractivity (Wildman–Crippen MR) is 54.6 cm³/mol. The van der Waals surface area contributed by atoms with E-state index in [2.05, 4.69) is 15.9 Å². The van der Waals surface area contributed by atoms with E-state index in [1.165, 1.54) is 0 Å². The van der Waals surface area contributed by atoms with Crippen LogP contribution in [0, 0.1) is 0 Å². The third-order valence-corrected chi connectivity index (χ3v) is 2.90. The molecule has 0 fully saturated rings. The normalized spacial score (nSPS) is 18.6. The molecule has 0 spiro atoms. The minimum absolute atomic E-state index is 0.580. The average Bonchev–Trinajstić information content (AvgIpc) is 2.65. The van der Waals surface area contributed by atoms with E-state index in [1.54, 1.807) is 18.6 Å². The summed E-state index contributed by atoms with van der Waals surface area (Å²) in [5.74, 6) is 0. The van der Waals surface area contributed by atoms with Crippen molar-refractivity contribution >= 4 is 15.9 Å². The summed E-state index contributed by atoms with van der Waals surface area (Å²) in [5.41, 5.74) is 1.65. The second kappa shape index (κ2) is 4.19. The van der Waals surface area contributed by atoms with Gasteiger partial charge >= 0.3 is 0 Å². The van der Waals surface area contributed by atoms with Gasteiger partial charge < -0.3 is 14.3 Å². The summed E-state index contributed by atoms with van der Waals surface area (Å²) in [7, 11) is 0. The van der Waals surface area contributed by atoms with E-state index in [-0.39, 0.29) is 0 Å². The van der Waals surface area contributed by atoms with E-state index in [1.807, 2.05) is 0 Å². The van der Waals surface area contributed by atoms with Crippen LogP contribution < -0.4 is 0 Å². The lowest BCUT2D eigenvalue weighted by Gasteiger charge is -2.18. The van der Waals surface area contributed by atoms with Gasteiger partial charge in [0, 0.05) is 5.56 Å². The highest BCUT2D eigenvalue weighted by Gasteiger charge is 2.19. The van der Waals surface area contributed by atoms with E-state index in [4.69, 9.17) is 9.15 Å². The summed E-state index contributed by atoms with van der Waals surface area (Å²) < 4.78 is 10.8. The van der Waals surface area contributed by atoms with Crippen LogP contribution in [0.15, 0.2) is 33.3 Å². The zero-order valence-electron chi connectivity index (χ0n) is 7.57. The molecule has 1 aromatic rings. The standard InChI is InChI=1S/C10H11BrO3/c11-10-8(3-5-14-10)9(12)7-2-1-4-13-6-7/h3,5-6,9,12H,1-2,4H2. The van der Waals surface area contributed by atoms with Gasteiger partial charge in [0.05, 0.1) is 19.1 Å². The van der Waals surface area contributed by atoms with Crippen molar-refractivity contribution in [3.05, 3.63) is 34.4 Å². The van der Waals surface area contributed by atoms with Gasteiger partial charge in [-0.25, -0.2) is 0 Å². The average molecular weight is 259 g/mol. The molecule has 1 atom stereocenters. The maximum absolute atomic E-state index is 9.98. The number of hydrogen-bond acceptors (Lipinski definition) is 3. The quantitative estimate of drug-likeness (QED) is 0.887. The molecule has 1 aromatic heterocycles. The Morgan fingerprint density at radius 2 is 2.36 bits per heavy atom. The second-order valence-electron chi connectivity index (χ2n) is 3.22. The van der Waals surface area contributed by atoms with Crippen molar-refractivity contribution in [1.29, 1.82) is 0 Å². The predicted octanol–water partition coefficient (Wildman–Crippen LogP) is 2.77. The maximum atomic E-state index is 9.98. The molecule has 0 radical (unpaired) electrons. The molecule has 1 aliphatic rings. The largest absolute Gasteiger partial charge is 0.501 e. The Morgan fingerprint density at radius 1 is 1.50 bits per heavy atom. The Kier molecular flexibility index (Phi) is 2.93. The third-order valence-electron chi connectivity index (χ3n) is 2.25. The van der Waals surface area contributed by atoms with E-state index in [0.29, 0.717) is 4.67 Å². The fraction of sp³-hybridized carbons (Fsp3) is 0.400. The molecule has 0 aromatic carbocycles. The van der Waals surface area contributed by atoms with Crippen molar-refractivity contribution in [2.24, 2.45) is 0 Å². The van der Waals surface area contributed by atoms with Gasteiger partial charge in [0.25, 0.3) is 0 Å². The first-order chi connectivity index (χ1) is 6.79. The molecule has 14 heavy (non-hydrogen) atoms. The molecule has 1 unspecified atom stereocenters. The van der Waals surface area contributed by atoms with Crippen LogP contribution >= 0.6 is 15.9 Å². The van der Waals surface area contributed by atoms with Crippen LogP contribution in [-0.4, -0.2) is 11.7 Å². The van der Waals surface area contributed by atoms with Gasteiger partial charge in [-0.05, 0) is 40.4 Å². The number of aliphatic hydroxyl groups excluding tert-OH is 1. The fourth-order valence-electron chi connectivity index (χ4n) is 1.48. The molecule has 0 aliphatic carbocycles. The highest BCUT2D eigenvalue weighted by atomic mass is 79.9. The molecular formula is C10H11BrO3. The number of halogens is 1. The summed E-state index contributed by atoms with van der Waals surface area (Å²) in [6.07, 6.45) is 4.40. The molecule has 1 N–H and O–H groups in total. The van der Waals surface area contributed by atoms with E-state index in [9.17, 15) is 5.11 Å². The topological polar surface area (TPSA) is 42.6 Å². The van der Waals surface area contributed by atoms with Crippen LogP contribution in [0.25, 0.3) is 0 Å². The van der Waals surface area contributed by atoms with Crippen LogP contribution in [0.5, 0.6) is 0 Å². The molecule has 0 bridgehead atoms. The maximum Gasteiger partial charge on any atom is 0.175 e. The Labute approximate surface area is 90.5 Å². The molecular weight excluding hydrogens is 248 g/mol. The van der Waals surface area contributed by atoms with Crippen molar-refractivity contribution in [2.45, 2.75) is 18.9 Å².